The van der Waals surface area contributed by atoms with Gasteiger partial charge >= 0.3 is 0 Å². The Morgan fingerprint density at radius 2 is 2.25 bits per heavy atom. The Morgan fingerprint density at radius 1 is 1.50 bits per heavy atom. The van der Waals surface area contributed by atoms with Gasteiger partial charge in [-0.25, -0.2) is 0 Å². The number of carbonyl (C=O) groups excluding carboxylic acids is 1. The van der Waals surface area contributed by atoms with Crippen LogP contribution in [0.4, 0.5) is 0 Å². The standard InChI is InChI=1S/C13H18O3/c1-3-15-11-6-10(7-11)8-12(14)13-5-4-9(2)16-13/h4-5,10-11H,3,6-8H2,1-2H3. The van der Waals surface area contributed by atoms with Gasteiger partial charge in [0.05, 0.1) is 6.10 Å². The summed E-state index contributed by atoms with van der Waals surface area (Å²) in [7, 11) is 0. The molecule has 1 heterocycles. The fourth-order valence-electron chi connectivity index (χ4n) is 2.16. The second-order valence-corrected chi connectivity index (χ2v) is 4.45. The highest BCUT2D eigenvalue weighted by Crippen LogP contribution is 2.33. The van der Waals surface area contributed by atoms with E-state index in [0.29, 0.717) is 24.2 Å². The van der Waals surface area contributed by atoms with E-state index in [4.69, 9.17) is 9.15 Å². The van der Waals surface area contributed by atoms with Crippen molar-refractivity contribution in [3.63, 3.8) is 0 Å². The smallest absolute Gasteiger partial charge is 0.198 e. The maximum atomic E-state index is 11.8. The first-order valence-corrected chi connectivity index (χ1v) is 5.90. The summed E-state index contributed by atoms with van der Waals surface area (Å²) in [5, 5.41) is 0. The molecule has 0 radical (unpaired) electrons. The molecular weight excluding hydrogens is 204 g/mol. The molecule has 1 fully saturated rings. The lowest BCUT2D eigenvalue weighted by atomic mass is 9.79. The van der Waals surface area contributed by atoms with Gasteiger partial charge < -0.3 is 9.15 Å². The van der Waals surface area contributed by atoms with Crippen molar-refractivity contribution in [3.05, 3.63) is 23.7 Å². The van der Waals surface area contributed by atoms with Crippen molar-refractivity contribution in [1.29, 1.82) is 0 Å². The molecule has 0 bridgehead atoms. The molecule has 0 aromatic carbocycles. The van der Waals surface area contributed by atoms with E-state index in [9.17, 15) is 4.79 Å². The predicted octanol–water partition coefficient (Wildman–Crippen LogP) is 2.98. The van der Waals surface area contributed by atoms with Crippen molar-refractivity contribution in [2.24, 2.45) is 5.92 Å². The molecule has 0 N–H and O–H groups in total. The molecule has 0 atom stereocenters. The number of ether oxygens (including phenoxy) is 1. The van der Waals surface area contributed by atoms with E-state index >= 15 is 0 Å². The van der Waals surface area contributed by atoms with Gasteiger partial charge in [0.25, 0.3) is 0 Å². The lowest BCUT2D eigenvalue weighted by Gasteiger charge is -2.34. The quantitative estimate of drug-likeness (QED) is 0.719. The van der Waals surface area contributed by atoms with Gasteiger partial charge in [0, 0.05) is 13.0 Å². The first-order chi connectivity index (χ1) is 7.69. The molecule has 3 nitrogen and oxygen atoms in total. The van der Waals surface area contributed by atoms with Gasteiger partial charge in [0.15, 0.2) is 11.5 Å². The van der Waals surface area contributed by atoms with Crippen molar-refractivity contribution in [3.8, 4) is 0 Å². The summed E-state index contributed by atoms with van der Waals surface area (Å²) >= 11 is 0. The molecule has 0 amide bonds. The van der Waals surface area contributed by atoms with Gasteiger partial charge in [0.2, 0.25) is 0 Å². The maximum Gasteiger partial charge on any atom is 0.198 e. The maximum absolute atomic E-state index is 11.8. The lowest BCUT2D eigenvalue weighted by Crippen LogP contribution is -2.32. The monoisotopic (exact) mass is 222 g/mol. The highest BCUT2D eigenvalue weighted by Gasteiger charge is 2.31. The highest BCUT2D eigenvalue weighted by molar-refractivity contribution is 5.93. The molecule has 0 saturated heterocycles. The Kier molecular flexibility index (Phi) is 3.44. The minimum Gasteiger partial charge on any atom is -0.458 e. The molecule has 3 heteroatoms. The van der Waals surface area contributed by atoms with Crippen LogP contribution in [0, 0.1) is 12.8 Å². The van der Waals surface area contributed by atoms with Crippen LogP contribution < -0.4 is 0 Å². The van der Waals surface area contributed by atoms with Gasteiger partial charge in [0.1, 0.15) is 5.76 Å². The molecule has 88 valence electrons. The van der Waals surface area contributed by atoms with Crippen LogP contribution in [-0.4, -0.2) is 18.5 Å². The molecule has 1 aromatic rings. The third kappa shape index (κ3) is 2.53. The third-order valence-electron chi connectivity index (χ3n) is 3.08. The Balaban J connectivity index is 1.77. The summed E-state index contributed by atoms with van der Waals surface area (Å²) < 4.78 is 10.8. The van der Waals surface area contributed by atoms with Crippen LogP contribution >= 0.6 is 0 Å². The zero-order chi connectivity index (χ0) is 11.5. The van der Waals surface area contributed by atoms with E-state index in [-0.39, 0.29) is 5.78 Å². The molecule has 0 aliphatic heterocycles. The first-order valence-electron chi connectivity index (χ1n) is 5.90. The summed E-state index contributed by atoms with van der Waals surface area (Å²) in [4.78, 5) is 11.8. The van der Waals surface area contributed by atoms with E-state index in [1.165, 1.54) is 0 Å². The fourth-order valence-corrected chi connectivity index (χ4v) is 2.16. The molecular formula is C13H18O3. The topological polar surface area (TPSA) is 39.4 Å². The zero-order valence-electron chi connectivity index (χ0n) is 9.86. The molecule has 16 heavy (non-hydrogen) atoms. The number of ketones is 1. The van der Waals surface area contributed by atoms with Gasteiger partial charge in [-0.1, -0.05) is 0 Å². The van der Waals surface area contributed by atoms with Crippen LogP contribution in [0.1, 0.15) is 42.5 Å². The van der Waals surface area contributed by atoms with E-state index in [1.54, 1.807) is 6.07 Å². The van der Waals surface area contributed by atoms with Gasteiger partial charge in [-0.15, -0.1) is 0 Å². The number of carbonyl (C=O) groups is 1. The zero-order valence-corrected chi connectivity index (χ0v) is 9.86. The van der Waals surface area contributed by atoms with Crippen LogP contribution in [0.5, 0.6) is 0 Å². The van der Waals surface area contributed by atoms with Crippen molar-refractivity contribution in [2.75, 3.05) is 6.61 Å². The summed E-state index contributed by atoms with van der Waals surface area (Å²) in [5.74, 6) is 1.89. The average molecular weight is 222 g/mol. The number of hydrogen-bond donors (Lipinski definition) is 0. The number of hydrogen-bond acceptors (Lipinski definition) is 3. The number of Topliss-reactive ketones (excluding diaryl/α,β-unsaturated/α-hetero) is 1. The summed E-state index contributed by atoms with van der Waals surface area (Å²) in [6.07, 6.45) is 3.00. The Labute approximate surface area is 95.8 Å². The van der Waals surface area contributed by atoms with Crippen LogP contribution in [0.2, 0.25) is 0 Å². The molecule has 0 unspecified atom stereocenters. The van der Waals surface area contributed by atoms with E-state index < -0.39 is 0 Å². The molecule has 2 rings (SSSR count). The molecule has 0 spiro atoms. The first kappa shape index (κ1) is 11.4. The van der Waals surface area contributed by atoms with Crippen molar-refractivity contribution < 1.29 is 13.9 Å². The van der Waals surface area contributed by atoms with Crippen molar-refractivity contribution in [2.45, 2.75) is 39.2 Å². The minimum atomic E-state index is 0.119. The second kappa shape index (κ2) is 4.83. The largest absolute Gasteiger partial charge is 0.458 e. The Hall–Kier alpha value is -1.09. The van der Waals surface area contributed by atoms with Gasteiger partial charge in [-0.3, -0.25) is 4.79 Å². The van der Waals surface area contributed by atoms with Gasteiger partial charge in [-0.2, -0.15) is 0 Å². The Morgan fingerprint density at radius 3 is 2.81 bits per heavy atom. The van der Waals surface area contributed by atoms with Crippen LogP contribution in [-0.2, 0) is 4.74 Å². The number of furan rings is 1. The molecule has 1 aliphatic carbocycles. The van der Waals surface area contributed by atoms with Crippen LogP contribution in [0.15, 0.2) is 16.5 Å². The molecule has 1 aromatic heterocycles. The lowest BCUT2D eigenvalue weighted by molar-refractivity contribution is -0.0247. The average Bonchev–Trinajstić information content (AvgIpc) is 2.61. The normalized spacial score (nSPS) is 24.1. The molecule has 1 aliphatic rings. The number of aryl methyl sites for hydroxylation is 1. The summed E-state index contributed by atoms with van der Waals surface area (Å²) in [5.41, 5.74) is 0. The SMILES string of the molecule is CCOC1CC(CC(=O)c2ccc(C)o2)C1. The second-order valence-electron chi connectivity index (χ2n) is 4.45. The van der Waals surface area contributed by atoms with Gasteiger partial charge in [-0.05, 0) is 44.7 Å². The Bertz CT molecular complexity index is 361. The highest BCUT2D eigenvalue weighted by atomic mass is 16.5. The minimum absolute atomic E-state index is 0.119. The fraction of sp³-hybridized carbons (Fsp3) is 0.615. The molecule has 1 saturated carbocycles. The summed E-state index contributed by atoms with van der Waals surface area (Å²) in [6, 6.07) is 3.59. The summed E-state index contributed by atoms with van der Waals surface area (Å²) in [6.45, 7) is 4.62. The number of rotatable bonds is 5. The van der Waals surface area contributed by atoms with Crippen molar-refractivity contribution in [1.82, 2.24) is 0 Å². The van der Waals surface area contributed by atoms with Crippen molar-refractivity contribution >= 4 is 5.78 Å². The predicted molar refractivity (Wildman–Crippen MR) is 60.5 cm³/mol. The van der Waals surface area contributed by atoms with Crippen LogP contribution in [0.25, 0.3) is 0 Å². The third-order valence-corrected chi connectivity index (χ3v) is 3.08. The van der Waals surface area contributed by atoms with E-state index in [2.05, 4.69) is 0 Å². The van der Waals surface area contributed by atoms with E-state index in [1.807, 2.05) is 19.9 Å². The van der Waals surface area contributed by atoms with Crippen LogP contribution in [0.3, 0.4) is 0 Å². The van der Waals surface area contributed by atoms with E-state index in [0.717, 1.165) is 25.2 Å².